The first kappa shape index (κ1) is 11.6. The van der Waals surface area contributed by atoms with Gasteiger partial charge in [-0.05, 0) is 43.6 Å². The molecule has 3 rings (SSSR count). The number of aryl methyl sites for hydroxylation is 1. The van der Waals surface area contributed by atoms with Crippen molar-refractivity contribution in [3.63, 3.8) is 0 Å². The first-order chi connectivity index (χ1) is 8.40. The normalized spacial score (nSPS) is 25.8. The number of imidazole rings is 1. The molecule has 0 bridgehead atoms. The van der Waals surface area contributed by atoms with Gasteiger partial charge in [-0.25, -0.2) is 4.98 Å². The molecule has 94 valence electrons. The Balaban J connectivity index is 1.91. The van der Waals surface area contributed by atoms with E-state index in [1.807, 2.05) is 6.20 Å². The van der Waals surface area contributed by atoms with Crippen LogP contribution in [0.2, 0.25) is 0 Å². The van der Waals surface area contributed by atoms with Crippen LogP contribution < -0.4 is 0 Å². The zero-order chi connectivity index (χ0) is 11.7. The Kier molecular flexibility index (Phi) is 3.43. The highest BCUT2D eigenvalue weighted by atomic mass is 32.2. The van der Waals surface area contributed by atoms with Gasteiger partial charge in [-0.2, -0.15) is 11.8 Å². The molecule has 0 aliphatic carbocycles. The number of aliphatic hydroxyl groups is 1. The molecule has 0 aromatic carbocycles. The smallest absolute Gasteiger partial charge is 0.112 e. The average molecular weight is 252 g/mol. The Morgan fingerprint density at radius 3 is 2.94 bits per heavy atom. The largest absolute Gasteiger partial charge is 0.394 e. The second-order valence-corrected chi connectivity index (χ2v) is 6.32. The molecule has 3 heterocycles. The standard InChI is InChI=1S/C13H20N2OS/c16-9-12-3-1-2-11-8-14-13(15(11)12)10-4-6-17-7-5-10/h8,10,12,16H,1-7,9H2. The van der Waals surface area contributed by atoms with E-state index in [9.17, 15) is 5.11 Å². The summed E-state index contributed by atoms with van der Waals surface area (Å²) in [5, 5.41) is 9.53. The quantitative estimate of drug-likeness (QED) is 0.878. The molecule has 1 aromatic heterocycles. The molecule has 0 amide bonds. The van der Waals surface area contributed by atoms with Crippen LogP contribution in [0.25, 0.3) is 0 Å². The number of fused-ring (bicyclic) bond motifs is 1. The lowest BCUT2D eigenvalue weighted by Gasteiger charge is -2.29. The summed E-state index contributed by atoms with van der Waals surface area (Å²) in [6.45, 7) is 0.262. The molecule has 17 heavy (non-hydrogen) atoms. The first-order valence-electron chi connectivity index (χ1n) is 6.64. The van der Waals surface area contributed by atoms with Gasteiger partial charge in [0.05, 0.1) is 12.6 Å². The third-order valence-electron chi connectivity index (χ3n) is 4.03. The predicted molar refractivity (Wildman–Crippen MR) is 70.6 cm³/mol. The van der Waals surface area contributed by atoms with Crippen LogP contribution in [0.3, 0.4) is 0 Å². The topological polar surface area (TPSA) is 38.1 Å². The molecule has 1 fully saturated rings. The number of aromatic nitrogens is 2. The summed E-state index contributed by atoms with van der Waals surface area (Å²) in [5.74, 6) is 4.39. The van der Waals surface area contributed by atoms with Crippen LogP contribution in [0.15, 0.2) is 6.20 Å². The summed E-state index contributed by atoms with van der Waals surface area (Å²) in [7, 11) is 0. The van der Waals surface area contributed by atoms with E-state index in [0.29, 0.717) is 5.92 Å². The van der Waals surface area contributed by atoms with Crippen LogP contribution in [-0.2, 0) is 6.42 Å². The van der Waals surface area contributed by atoms with Crippen LogP contribution >= 0.6 is 11.8 Å². The van der Waals surface area contributed by atoms with Crippen molar-refractivity contribution in [2.24, 2.45) is 0 Å². The van der Waals surface area contributed by atoms with E-state index in [0.717, 1.165) is 12.8 Å². The number of nitrogens with zero attached hydrogens (tertiary/aromatic N) is 2. The van der Waals surface area contributed by atoms with Gasteiger partial charge in [0.2, 0.25) is 0 Å². The highest BCUT2D eigenvalue weighted by Crippen LogP contribution is 2.35. The molecule has 0 radical (unpaired) electrons. The fourth-order valence-electron chi connectivity index (χ4n) is 3.10. The summed E-state index contributed by atoms with van der Waals surface area (Å²) >= 11 is 2.05. The van der Waals surface area contributed by atoms with Crippen molar-refractivity contribution in [2.75, 3.05) is 18.1 Å². The molecular weight excluding hydrogens is 232 g/mol. The average Bonchev–Trinajstić information content (AvgIpc) is 2.83. The summed E-state index contributed by atoms with van der Waals surface area (Å²) in [6, 6.07) is 0.283. The van der Waals surface area contributed by atoms with Crippen molar-refractivity contribution in [1.29, 1.82) is 0 Å². The molecule has 1 atom stereocenters. The Labute approximate surface area is 107 Å². The third kappa shape index (κ3) is 2.13. The van der Waals surface area contributed by atoms with Gasteiger partial charge in [0.1, 0.15) is 5.82 Å². The van der Waals surface area contributed by atoms with Crippen molar-refractivity contribution >= 4 is 11.8 Å². The second kappa shape index (κ2) is 5.02. The SMILES string of the molecule is OCC1CCCc2cnc(C3CCSCC3)n21. The summed E-state index contributed by atoms with van der Waals surface area (Å²) in [4.78, 5) is 4.66. The molecule has 1 aromatic rings. The van der Waals surface area contributed by atoms with Gasteiger partial charge in [-0.1, -0.05) is 0 Å². The number of thioether (sulfide) groups is 1. The molecule has 0 spiro atoms. The maximum Gasteiger partial charge on any atom is 0.112 e. The molecule has 2 aliphatic heterocycles. The molecule has 3 nitrogen and oxygen atoms in total. The van der Waals surface area contributed by atoms with E-state index in [-0.39, 0.29) is 12.6 Å². The van der Waals surface area contributed by atoms with Gasteiger partial charge in [-0.3, -0.25) is 0 Å². The minimum absolute atomic E-state index is 0.262. The van der Waals surface area contributed by atoms with Crippen LogP contribution in [0, 0.1) is 0 Å². The van der Waals surface area contributed by atoms with E-state index in [2.05, 4.69) is 21.3 Å². The molecule has 1 N–H and O–H groups in total. The Morgan fingerprint density at radius 2 is 2.18 bits per heavy atom. The Hall–Kier alpha value is -0.480. The van der Waals surface area contributed by atoms with Gasteiger partial charge in [0.15, 0.2) is 0 Å². The summed E-state index contributed by atoms with van der Waals surface area (Å²) < 4.78 is 2.35. The Bertz CT molecular complexity index is 385. The zero-order valence-electron chi connectivity index (χ0n) is 10.1. The molecule has 4 heteroatoms. The summed E-state index contributed by atoms with van der Waals surface area (Å²) in [6.07, 6.45) is 7.97. The minimum Gasteiger partial charge on any atom is -0.394 e. The van der Waals surface area contributed by atoms with E-state index in [1.165, 1.54) is 42.3 Å². The highest BCUT2D eigenvalue weighted by molar-refractivity contribution is 7.99. The molecule has 2 aliphatic rings. The third-order valence-corrected chi connectivity index (χ3v) is 5.08. The van der Waals surface area contributed by atoms with Crippen molar-refractivity contribution < 1.29 is 5.11 Å². The van der Waals surface area contributed by atoms with Crippen molar-refractivity contribution in [3.05, 3.63) is 17.7 Å². The fourth-order valence-corrected chi connectivity index (χ4v) is 4.20. The lowest BCUT2D eigenvalue weighted by atomic mass is 9.99. The monoisotopic (exact) mass is 252 g/mol. The number of rotatable bonds is 2. The van der Waals surface area contributed by atoms with Crippen molar-refractivity contribution in [3.8, 4) is 0 Å². The zero-order valence-corrected chi connectivity index (χ0v) is 11.0. The van der Waals surface area contributed by atoms with Crippen molar-refractivity contribution in [1.82, 2.24) is 9.55 Å². The maximum absolute atomic E-state index is 9.53. The number of aliphatic hydroxyl groups excluding tert-OH is 1. The second-order valence-electron chi connectivity index (χ2n) is 5.09. The minimum atomic E-state index is 0.262. The Morgan fingerprint density at radius 1 is 1.35 bits per heavy atom. The van der Waals surface area contributed by atoms with E-state index in [4.69, 9.17) is 0 Å². The molecule has 1 unspecified atom stereocenters. The van der Waals surface area contributed by atoms with E-state index < -0.39 is 0 Å². The van der Waals surface area contributed by atoms with Crippen LogP contribution in [0.5, 0.6) is 0 Å². The predicted octanol–water partition coefficient (Wildman–Crippen LogP) is 2.36. The van der Waals surface area contributed by atoms with Gasteiger partial charge in [-0.15, -0.1) is 0 Å². The van der Waals surface area contributed by atoms with Gasteiger partial charge < -0.3 is 9.67 Å². The van der Waals surface area contributed by atoms with Gasteiger partial charge >= 0.3 is 0 Å². The van der Waals surface area contributed by atoms with Gasteiger partial charge in [0, 0.05) is 17.8 Å². The molecule has 1 saturated heterocycles. The van der Waals surface area contributed by atoms with Crippen LogP contribution in [0.1, 0.15) is 49.2 Å². The highest BCUT2D eigenvalue weighted by Gasteiger charge is 2.27. The van der Waals surface area contributed by atoms with E-state index in [1.54, 1.807) is 0 Å². The molecular formula is C13H20N2OS. The number of hydrogen-bond donors (Lipinski definition) is 1. The fraction of sp³-hybridized carbons (Fsp3) is 0.769. The lowest BCUT2D eigenvalue weighted by Crippen LogP contribution is -2.24. The van der Waals surface area contributed by atoms with Crippen molar-refractivity contribution in [2.45, 2.75) is 44.1 Å². The molecule has 0 saturated carbocycles. The maximum atomic E-state index is 9.53. The first-order valence-corrected chi connectivity index (χ1v) is 7.80. The van der Waals surface area contributed by atoms with Gasteiger partial charge in [0.25, 0.3) is 0 Å². The van der Waals surface area contributed by atoms with Crippen LogP contribution in [0.4, 0.5) is 0 Å². The lowest BCUT2D eigenvalue weighted by molar-refractivity contribution is 0.202. The van der Waals surface area contributed by atoms with E-state index >= 15 is 0 Å². The van der Waals surface area contributed by atoms with Crippen LogP contribution in [-0.4, -0.2) is 32.8 Å². The summed E-state index contributed by atoms with van der Waals surface area (Å²) in [5.41, 5.74) is 1.34. The number of hydrogen-bond acceptors (Lipinski definition) is 3.